The Morgan fingerprint density at radius 2 is 1.82 bits per heavy atom. The first kappa shape index (κ1) is 19.8. The van der Waals surface area contributed by atoms with E-state index in [1.807, 2.05) is 54.6 Å². The molecule has 0 amide bonds. The minimum Gasteiger partial charge on any atom is -0.493 e. The van der Waals surface area contributed by atoms with E-state index in [-0.39, 0.29) is 0 Å². The molecule has 140 valence electrons. The molecule has 0 heterocycles. The number of rotatable bonds is 6. The maximum Gasteiger partial charge on any atom is 0.161 e. The molecule has 0 unspecified atom stereocenters. The van der Waals surface area contributed by atoms with Gasteiger partial charge in [-0.1, -0.05) is 59.6 Å². The number of allylic oxidation sites excluding steroid dienone is 1. The lowest BCUT2D eigenvalue weighted by molar-refractivity contribution is 0.284. The van der Waals surface area contributed by atoms with Gasteiger partial charge in [-0.2, -0.15) is 5.26 Å². The van der Waals surface area contributed by atoms with Gasteiger partial charge in [0.05, 0.1) is 18.8 Å². The lowest BCUT2D eigenvalue weighted by atomic mass is 10.0. The van der Waals surface area contributed by atoms with Crippen molar-refractivity contribution in [3.63, 3.8) is 0 Å². The van der Waals surface area contributed by atoms with Crippen LogP contribution in [0.2, 0.25) is 10.0 Å². The number of halogens is 2. The molecule has 0 radical (unpaired) electrons. The van der Waals surface area contributed by atoms with Crippen molar-refractivity contribution in [2.75, 3.05) is 7.11 Å². The minimum absolute atomic E-state index is 0.331. The first-order chi connectivity index (χ1) is 13.6. The maximum absolute atomic E-state index is 9.52. The minimum atomic E-state index is 0.331. The summed E-state index contributed by atoms with van der Waals surface area (Å²) in [5, 5.41) is 10.8. The van der Waals surface area contributed by atoms with Crippen LogP contribution in [0.25, 0.3) is 11.6 Å². The van der Waals surface area contributed by atoms with Crippen LogP contribution in [0, 0.1) is 11.3 Å². The van der Waals surface area contributed by atoms with E-state index in [4.69, 9.17) is 32.7 Å². The van der Waals surface area contributed by atoms with Crippen molar-refractivity contribution >= 4 is 34.9 Å². The van der Waals surface area contributed by atoms with E-state index in [1.54, 1.807) is 25.3 Å². The third-order valence-corrected chi connectivity index (χ3v) is 4.70. The zero-order valence-electron chi connectivity index (χ0n) is 15.2. The highest BCUT2D eigenvalue weighted by Gasteiger charge is 2.08. The Kier molecular flexibility index (Phi) is 6.60. The van der Waals surface area contributed by atoms with E-state index in [9.17, 15) is 5.26 Å². The molecule has 28 heavy (non-hydrogen) atoms. The predicted octanol–water partition coefficient (Wildman–Crippen LogP) is 6.65. The molecular weight excluding hydrogens is 393 g/mol. The Bertz CT molecular complexity index is 1050. The summed E-state index contributed by atoms with van der Waals surface area (Å²) in [5.41, 5.74) is 2.98. The molecule has 0 saturated heterocycles. The van der Waals surface area contributed by atoms with Crippen LogP contribution in [0.1, 0.15) is 16.7 Å². The molecule has 3 nitrogen and oxygen atoms in total. The normalized spacial score (nSPS) is 11.0. The molecule has 0 aliphatic rings. The number of ether oxygens (including phenoxy) is 2. The Balaban J connectivity index is 1.84. The van der Waals surface area contributed by atoms with Crippen LogP contribution in [-0.2, 0) is 6.61 Å². The Morgan fingerprint density at radius 1 is 1.00 bits per heavy atom. The number of methoxy groups -OCH3 is 1. The van der Waals surface area contributed by atoms with E-state index in [1.165, 1.54) is 0 Å². The van der Waals surface area contributed by atoms with Crippen molar-refractivity contribution in [3.05, 3.63) is 93.5 Å². The highest BCUT2D eigenvalue weighted by molar-refractivity contribution is 6.31. The Labute approximate surface area is 174 Å². The quantitative estimate of drug-likeness (QED) is 0.338. The van der Waals surface area contributed by atoms with Crippen molar-refractivity contribution in [2.24, 2.45) is 0 Å². The first-order valence-corrected chi connectivity index (χ1v) is 9.28. The van der Waals surface area contributed by atoms with Gasteiger partial charge in [0.2, 0.25) is 0 Å². The molecule has 0 aliphatic carbocycles. The summed E-state index contributed by atoms with van der Waals surface area (Å²) < 4.78 is 11.3. The smallest absolute Gasteiger partial charge is 0.161 e. The van der Waals surface area contributed by atoms with Crippen molar-refractivity contribution in [1.82, 2.24) is 0 Å². The first-order valence-electron chi connectivity index (χ1n) is 8.52. The van der Waals surface area contributed by atoms with E-state index in [2.05, 4.69) is 6.07 Å². The summed E-state index contributed by atoms with van der Waals surface area (Å²) in [4.78, 5) is 0. The largest absolute Gasteiger partial charge is 0.493 e. The number of nitrogens with zero attached hydrogens (tertiary/aromatic N) is 1. The van der Waals surface area contributed by atoms with Crippen molar-refractivity contribution < 1.29 is 9.47 Å². The molecule has 0 spiro atoms. The summed E-state index contributed by atoms with van der Waals surface area (Å²) in [6.07, 6.45) is 1.78. The average molecular weight is 410 g/mol. The second kappa shape index (κ2) is 9.32. The second-order valence-electron chi connectivity index (χ2n) is 5.97. The van der Waals surface area contributed by atoms with Gasteiger partial charge >= 0.3 is 0 Å². The molecular formula is C23H17Cl2NO2. The highest BCUT2D eigenvalue weighted by atomic mass is 35.5. The monoisotopic (exact) mass is 409 g/mol. The van der Waals surface area contributed by atoms with Gasteiger partial charge in [-0.3, -0.25) is 0 Å². The summed E-state index contributed by atoms with van der Waals surface area (Å²) in [7, 11) is 1.58. The van der Waals surface area contributed by atoms with Gasteiger partial charge in [-0.15, -0.1) is 0 Å². The fourth-order valence-corrected chi connectivity index (χ4v) is 3.05. The summed E-state index contributed by atoms with van der Waals surface area (Å²) in [6.45, 7) is 0.331. The number of hydrogen-bond donors (Lipinski definition) is 0. The Morgan fingerprint density at radius 3 is 2.54 bits per heavy atom. The molecule has 0 aliphatic heterocycles. The van der Waals surface area contributed by atoms with Gasteiger partial charge in [0.15, 0.2) is 11.5 Å². The van der Waals surface area contributed by atoms with Gasteiger partial charge in [0.1, 0.15) is 6.61 Å². The average Bonchev–Trinajstić information content (AvgIpc) is 2.71. The topological polar surface area (TPSA) is 42.2 Å². The van der Waals surface area contributed by atoms with Crippen LogP contribution < -0.4 is 9.47 Å². The van der Waals surface area contributed by atoms with Gasteiger partial charge in [0, 0.05) is 15.6 Å². The molecule has 0 fully saturated rings. The van der Waals surface area contributed by atoms with Gasteiger partial charge in [0.25, 0.3) is 0 Å². The van der Waals surface area contributed by atoms with Crippen molar-refractivity contribution in [3.8, 4) is 17.6 Å². The standard InChI is InChI=1S/C23H17Cl2NO2/c1-27-23-12-16(11-19(14-26)17-6-4-7-20(24)13-17)9-10-22(23)28-15-18-5-2-3-8-21(18)25/h2-13H,15H2,1H3/b19-11-. The third-order valence-electron chi connectivity index (χ3n) is 4.10. The zero-order valence-corrected chi connectivity index (χ0v) is 16.7. The Hall–Kier alpha value is -2.93. The van der Waals surface area contributed by atoms with E-state index < -0.39 is 0 Å². The predicted molar refractivity (Wildman–Crippen MR) is 114 cm³/mol. The molecule has 0 bridgehead atoms. The molecule has 0 N–H and O–H groups in total. The van der Waals surface area contributed by atoms with Crippen molar-refractivity contribution in [1.29, 1.82) is 5.26 Å². The van der Waals surface area contributed by atoms with Gasteiger partial charge in [-0.25, -0.2) is 0 Å². The van der Waals surface area contributed by atoms with E-state index >= 15 is 0 Å². The third kappa shape index (κ3) is 4.86. The number of nitriles is 1. The summed E-state index contributed by atoms with van der Waals surface area (Å²) in [6, 6.07) is 22.4. The fraction of sp³-hybridized carbons (Fsp3) is 0.0870. The van der Waals surface area contributed by atoms with Crippen LogP contribution >= 0.6 is 23.2 Å². The summed E-state index contributed by atoms with van der Waals surface area (Å²) >= 11 is 12.2. The van der Waals surface area contributed by atoms with Crippen LogP contribution in [0.5, 0.6) is 11.5 Å². The van der Waals surface area contributed by atoms with Crippen LogP contribution in [0.3, 0.4) is 0 Å². The number of hydrogen-bond acceptors (Lipinski definition) is 3. The molecule has 3 aromatic rings. The van der Waals surface area contributed by atoms with E-state index in [0.29, 0.717) is 33.7 Å². The lowest BCUT2D eigenvalue weighted by Gasteiger charge is -2.12. The van der Waals surface area contributed by atoms with Crippen LogP contribution in [-0.4, -0.2) is 7.11 Å². The van der Waals surface area contributed by atoms with Gasteiger partial charge < -0.3 is 9.47 Å². The zero-order chi connectivity index (χ0) is 19.9. The summed E-state index contributed by atoms with van der Waals surface area (Å²) in [5.74, 6) is 1.17. The highest BCUT2D eigenvalue weighted by Crippen LogP contribution is 2.31. The second-order valence-corrected chi connectivity index (χ2v) is 6.81. The lowest BCUT2D eigenvalue weighted by Crippen LogP contribution is -1.98. The molecule has 0 saturated carbocycles. The molecule has 0 aromatic heterocycles. The van der Waals surface area contributed by atoms with Crippen LogP contribution in [0.15, 0.2) is 66.7 Å². The van der Waals surface area contributed by atoms with Crippen LogP contribution in [0.4, 0.5) is 0 Å². The molecule has 3 aromatic carbocycles. The fourth-order valence-electron chi connectivity index (χ4n) is 2.67. The molecule has 0 atom stereocenters. The number of benzene rings is 3. The maximum atomic E-state index is 9.52. The van der Waals surface area contributed by atoms with Gasteiger partial charge in [-0.05, 0) is 47.5 Å². The van der Waals surface area contributed by atoms with E-state index in [0.717, 1.165) is 16.7 Å². The molecule has 3 rings (SSSR count). The SMILES string of the molecule is COc1cc(/C=C(/C#N)c2cccc(Cl)c2)ccc1OCc1ccccc1Cl. The van der Waals surface area contributed by atoms with Crippen molar-refractivity contribution in [2.45, 2.75) is 6.61 Å². The molecule has 5 heteroatoms.